The molecule has 0 saturated carbocycles. The van der Waals surface area contributed by atoms with Crippen molar-refractivity contribution in [3.63, 3.8) is 0 Å². The van der Waals surface area contributed by atoms with Gasteiger partial charge in [0.25, 0.3) is 0 Å². The lowest BCUT2D eigenvalue weighted by atomic mass is 9.92. The number of hydrogen-bond acceptors (Lipinski definition) is 3. The maximum atomic E-state index is 13.3. The lowest BCUT2D eigenvalue weighted by Crippen LogP contribution is -2.29. The Balaban J connectivity index is 1.86. The van der Waals surface area contributed by atoms with Crippen LogP contribution in [0, 0.1) is 11.7 Å². The van der Waals surface area contributed by atoms with E-state index in [4.69, 9.17) is 9.47 Å². The largest absolute Gasteiger partial charge is 0.383 e. The zero-order valence-electron chi connectivity index (χ0n) is 12.8. The summed E-state index contributed by atoms with van der Waals surface area (Å²) < 4.78 is 24.1. The van der Waals surface area contributed by atoms with Crippen molar-refractivity contribution in [2.45, 2.75) is 31.8 Å². The molecule has 1 saturated heterocycles. The number of hydrogen-bond donors (Lipinski definition) is 1. The molecule has 0 amide bonds. The molecule has 1 fully saturated rings. The van der Waals surface area contributed by atoms with Gasteiger partial charge in [-0.1, -0.05) is 12.1 Å². The van der Waals surface area contributed by atoms with E-state index in [-0.39, 0.29) is 5.82 Å². The molecule has 0 radical (unpaired) electrons. The van der Waals surface area contributed by atoms with Gasteiger partial charge in [-0.25, -0.2) is 4.39 Å². The maximum Gasteiger partial charge on any atom is 0.123 e. The summed E-state index contributed by atoms with van der Waals surface area (Å²) >= 11 is 0. The molecular formula is C17H26FNO2. The van der Waals surface area contributed by atoms with Crippen LogP contribution in [0.2, 0.25) is 0 Å². The van der Waals surface area contributed by atoms with E-state index in [0.717, 1.165) is 50.9 Å². The number of ether oxygens (including phenoxy) is 2. The highest BCUT2D eigenvalue weighted by Gasteiger charge is 2.21. The van der Waals surface area contributed by atoms with Crippen molar-refractivity contribution in [1.29, 1.82) is 0 Å². The summed E-state index contributed by atoms with van der Waals surface area (Å²) in [4.78, 5) is 0. The molecule has 2 unspecified atom stereocenters. The van der Waals surface area contributed by atoms with E-state index >= 15 is 0 Å². The summed E-state index contributed by atoms with van der Waals surface area (Å²) in [5.41, 5.74) is 1.06. The molecule has 1 N–H and O–H groups in total. The molecule has 2 rings (SSSR count). The van der Waals surface area contributed by atoms with Crippen LogP contribution in [-0.2, 0) is 15.9 Å². The van der Waals surface area contributed by atoms with Crippen molar-refractivity contribution >= 4 is 0 Å². The van der Waals surface area contributed by atoms with E-state index in [2.05, 4.69) is 5.32 Å². The fourth-order valence-corrected chi connectivity index (χ4v) is 2.92. The third kappa shape index (κ3) is 6.12. The minimum Gasteiger partial charge on any atom is -0.383 e. The van der Waals surface area contributed by atoms with Crippen molar-refractivity contribution in [2.24, 2.45) is 5.92 Å². The summed E-state index contributed by atoms with van der Waals surface area (Å²) in [6.45, 7) is 3.36. The molecule has 1 aliphatic rings. The monoisotopic (exact) mass is 295 g/mol. The highest BCUT2D eigenvalue weighted by atomic mass is 19.1. The van der Waals surface area contributed by atoms with Gasteiger partial charge in [-0.2, -0.15) is 0 Å². The summed E-state index contributed by atoms with van der Waals surface area (Å²) in [6, 6.07) is 6.92. The summed E-state index contributed by atoms with van der Waals surface area (Å²) in [5, 5.41) is 3.42. The van der Waals surface area contributed by atoms with Crippen LogP contribution in [0.25, 0.3) is 0 Å². The third-order valence-corrected chi connectivity index (χ3v) is 3.95. The normalized spacial score (nSPS) is 19.8. The lowest BCUT2D eigenvalue weighted by molar-refractivity contribution is 0.0888. The van der Waals surface area contributed by atoms with E-state index in [9.17, 15) is 4.39 Å². The van der Waals surface area contributed by atoms with Crippen LogP contribution in [0.15, 0.2) is 24.3 Å². The second kappa shape index (κ2) is 9.13. The Labute approximate surface area is 126 Å². The summed E-state index contributed by atoms with van der Waals surface area (Å²) in [5.74, 6) is 0.308. The van der Waals surface area contributed by atoms with Crippen LogP contribution in [0.3, 0.4) is 0 Å². The Hall–Kier alpha value is -0.970. The van der Waals surface area contributed by atoms with Gasteiger partial charge >= 0.3 is 0 Å². The van der Waals surface area contributed by atoms with Crippen LogP contribution < -0.4 is 5.32 Å². The Morgan fingerprint density at radius 2 is 2.38 bits per heavy atom. The second-order valence-electron chi connectivity index (χ2n) is 5.77. The smallest absolute Gasteiger partial charge is 0.123 e. The first-order valence-electron chi connectivity index (χ1n) is 7.83. The van der Waals surface area contributed by atoms with Crippen molar-refractivity contribution < 1.29 is 13.9 Å². The SMILES string of the molecule is COCCNCC(Cc1cccc(F)c1)CC1CCCO1. The quantitative estimate of drug-likeness (QED) is 0.711. The number of methoxy groups -OCH3 is 1. The minimum absolute atomic E-state index is 0.157. The third-order valence-electron chi connectivity index (χ3n) is 3.95. The van der Waals surface area contributed by atoms with Crippen LogP contribution in [0.1, 0.15) is 24.8 Å². The van der Waals surface area contributed by atoms with E-state index in [1.807, 2.05) is 6.07 Å². The summed E-state index contributed by atoms with van der Waals surface area (Å²) in [7, 11) is 1.71. The Bertz CT molecular complexity index is 408. The zero-order valence-corrected chi connectivity index (χ0v) is 12.8. The van der Waals surface area contributed by atoms with Crippen LogP contribution in [0.4, 0.5) is 4.39 Å². The fraction of sp³-hybridized carbons (Fsp3) is 0.647. The van der Waals surface area contributed by atoms with Gasteiger partial charge < -0.3 is 14.8 Å². The highest BCUT2D eigenvalue weighted by Crippen LogP contribution is 2.22. The van der Waals surface area contributed by atoms with Crippen molar-refractivity contribution in [1.82, 2.24) is 5.32 Å². The molecule has 21 heavy (non-hydrogen) atoms. The van der Waals surface area contributed by atoms with E-state index in [0.29, 0.717) is 18.6 Å². The van der Waals surface area contributed by atoms with Gasteiger partial charge in [0, 0.05) is 20.3 Å². The molecule has 0 spiro atoms. The first kappa shape index (κ1) is 16.4. The molecule has 1 aromatic rings. The average Bonchev–Trinajstić information content (AvgIpc) is 2.96. The van der Waals surface area contributed by atoms with Gasteiger partial charge in [-0.05, 0) is 55.8 Å². The highest BCUT2D eigenvalue weighted by molar-refractivity contribution is 5.17. The predicted molar refractivity (Wildman–Crippen MR) is 81.9 cm³/mol. The molecule has 118 valence electrons. The first-order chi connectivity index (χ1) is 10.3. The number of halogens is 1. The van der Waals surface area contributed by atoms with Gasteiger partial charge in [0.15, 0.2) is 0 Å². The molecule has 4 heteroatoms. The Morgan fingerprint density at radius 1 is 1.48 bits per heavy atom. The van der Waals surface area contributed by atoms with E-state index in [1.54, 1.807) is 19.2 Å². The molecule has 2 atom stereocenters. The number of nitrogens with one attached hydrogen (secondary N) is 1. The van der Waals surface area contributed by atoms with Crippen molar-refractivity contribution in [3.05, 3.63) is 35.6 Å². The van der Waals surface area contributed by atoms with Crippen LogP contribution in [0.5, 0.6) is 0 Å². The van der Waals surface area contributed by atoms with Gasteiger partial charge in [-0.15, -0.1) is 0 Å². The van der Waals surface area contributed by atoms with Crippen LogP contribution in [-0.4, -0.2) is 39.5 Å². The number of rotatable bonds is 9. The van der Waals surface area contributed by atoms with E-state index < -0.39 is 0 Å². The average molecular weight is 295 g/mol. The molecule has 1 heterocycles. The number of benzene rings is 1. The van der Waals surface area contributed by atoms with Gasteiger partial charge in [0.2, 0.25) is 0 Å². The molecular weight excluding hydrogens is 269 g/mol. The van der Waals surface area contributed by atoms with E-state index in [1.165, 1.54) is 6.07 Å². The van der Waals surface area contributed by atoms with Gasteiger partial charge in [0.05, 0.1) is 12.7 Å². The lowest BCUT2D eigenvalue weighted by Gasteiger charge is -2.21. The minimum atomic E-state index is -0.157. The van der Waals surface area contributed by atoms with Crippen molar-refractivity contribution in [3.8, 4) is 0 Å². The molecule has 1 aliphatic heterocycles. The topological polar surface area (TPSA) is 30.5 Å². The zero-order chi connectivity index (χ0) is 14.9. The van der Waals surface area contributed by atoms with Gasteiger partial charge in [0.1, 0.15) is 5.82 Å². The molecule has 0 aromatic heterocycles. The van der Waals surface area contributed by atoms with Crippen molar-refractivity contribution in [2.75, 3.05) is 33.4 Å². The molecule has 0 bridgehead atoms. The molecule has 3 nitrogen and oxygen atoms in total. The fourth-order valence-electron chi connectivity index (χ4n) is 2.92. The van der Waals surface area contributed by atoms with Crippen LogP contribution >= 0.6 is 0 Å². The predicted octanol–water partition coefficient (Wildman–Crippen LogP) is 2.79. The Kier molecular flexibility index (Phi) is 7.13. The maximum absolute atomic E-state index is 13.3. The summed E-state index contributed by atoms with van der Waals surface area (Å²) in [6.07, 6.45) is 4.60. The Morgan fingerprint density at radius 3 is 3.10 bits per heavy atom. The molecule has 1 aromatic carbocycles. The first-order valence-corrected chi connectivity index (χ1v) is 7.83. The second-order valence-corrected chi connectivity index (χ2v) is 5.77. The van der Waals surface area contributed by atoms with Gasteiger partial charge in [-0.3, -0.25) is 0 Å². The standard InChI is InChI=1S/C17H26FNO2/c1-20-9-7-19-13-15(12-17-6-3-8-21-17)10-14-4-2-5-16(18)11-14/h2,4-5,11,15,17,19H,3,6-10,12-13H2,1H3. The molecule has 0 aliphatic carbocycles.